The van der Waals surface area contributed by atoms with Gasteiger partial charge in [0.05, 0.1) is 16.7 Å². The number of nitrogens with zero attached hydrogens (tertiary/aromatic N) is 6. The summed E-state index contributed by atoms with van der Waals surface area (Å²) in [6, 6.07) is 16.9. The van der Waals surface area contributed by atoms with E-state index >= 15 is 0 Å². The number of amidine groups is 2. The molecule has 8 rings (SSSR count). The van der Waals surface area contributed by atoms with Crippen LogP contribution in [-0.2, 0) is 4.79 Å². The Morgan fingerprint density at radius 3 is 1.57 bits per heavy atom. The van der Waals surface area contributed by atoms with Crippen LogP contribution in [0.4, 0.5) is 0 Å². The van der Waals surface area contributed by atoms with Crippen molar-refractivity contribution in [3.63, 3.8) is 0 Å². The van der Waals surface area contributed by atoms with Gasteiger partial charge in [0.15, 0.2) is 5.84 Å². The van der Waals surface area contributed by atoms with Crippen molar-refractivity contribution in [2.75, 3.05) is 0 Å². The quantitative estimate of drug-likeness (QED) is 0.0341. The number of oxime groups is 1. The van der Waals surface area contributed by atoms with Crippen molar-refractivity contribution in [1.29, 1.82) is 10.7 Å². The number of fused-ring (bicyclic) bond motifs is 4. The summed E-state index contributed by atoms with van der Waals surface area (Å²) in [6.45, 7) is 8.89. The van der Waals surface area contributed by atoms with Crippen LogP contribution in [0.3, 0.4) is 0 Å². The number of aliphatic carboxylic acids is 1. The van der Waals surface area contributed by atoms with E-state index in [9.17, 15) is 0 Å². The molecule has 0 atom stereocenters. The summed E-state index contributed by atoms with van der Waals surface area (Å²) in [6.07, 6.45) is 6.60. The van der Waals surface area contributed by atoms with Crippen molar-refractivity contribution >= 4 is 73.4 Å². The molecule has 16 nitrogen and oxygen atoms in total. The molecule has 11 N–H and O–H groups in total. The summed E-state index contributed by atoms with van der Waals surface area (Å²) in [5, 5.41) is 39.5. The molecule has 8 heterocycles. The number of hydrogen-bond donors (Lipinski definition) is 9. The monoisotopic (exact) mass is 1020 g/mol. The highest BCUT2D eigenvalue weighted by molar-refractivity contribution is 6.35. The summed E-state index contributed by atoms with van der Waals surface area (Å²) in [5.41, 5.74) is 20.3. The van der Waals surface area contributed by atoms with E-state index in [0.29, 0.717) is 11.1 Å². The molecule has 0 aromatic carbocycles. The summed E-state index contributed by atoms with van der Waals surface area (Å²) >= 11 is 5.91. The van der Waals surface area contributed by atoms with E-state index in [1.54, 1.807) is 49.1 Å². The van der Waals surface area contributed by atoms with E-state index in [-0.39, 0.29) is 14.5 Å². The van der Waals surface area contributed by atoms with Crippen molar-refractivity contribution in [2.24, 2.45) is 16.6 Å². The molecule has 0 aliphatic heterocycles. The van der Waals surface area contributed by atoms with Gasteiger partial charge in [0, 0.05) is 283 Å². The Kier molecular flexibility index (Phi) is 2.45. The second kappa shape index (κ2) is 17.8. The van der Waals surface area contributed by atoms with Gasteiger partial charge in [0.2, 0.25) is 0 Å². The molecule has 0 amide bonds. The molecule has 54 heavy (non-hydrogen) atoms. The first-order valence-corrected chi connectivity index (χ1v) is 16.4. The van der Waals surface area contributed by atoms with Gasteiger partial charge < -0.3 is 41.7 Å². The van der Waals surface area contributed by atoms with E-state index in [1.165, 1.54) is 0 Å². The van der Waals surface area contributed by atoms with Crippen molar-refractivity contribution in [2.45, 2.75) is 34.6 Å². The Labute approximate surface area is 517 Å². The molecule has 0 saturated carbocycles. The number of carboxylic acids is 1. The van der Waals surface area contributed by atoms with Gasteiger partial charge in [-0.3, -0.25) is 10.2 Å². The largest absolute Gasteiger partial charge is 0.481 e. The highest BCUT2D eigenvalue weighted by atomic mass is 35.5. The van der Waals surface area contributed by atoms with Gasteiger partial charge >= 0.3 is 0 Å². The third-order valence-corrected chi connectivity index (χ3v) is 7.74. The van der Waals surface area contributed by atoms with E-state index < -0.39 is 5.97 Å². The van der Waals surface area contributed by atoms with Gasteiger partial charge in [-0.05, 0) is 76.2 Å². The van der Waals surface area contributed by atoms with Gasteiger partial charge in [-0.25, -0.2) is 19.9 Å². The first-order valence-electron chi connectivity index (χ1n) is 81.1. The molecular formula is C37H172ClN13O3. The Morgan fingerprint density at radius 1 is 0.759 bits per heavy atom. The van der Waals surface area contributed by atoms with Crippen LogP contribution in [0.1, 0.15) is 242 Å². The van der Waals surface area contributed by atoms with Crippen molar-refractivity contribution < 1.29 is 211 Å². The topological polar surface area (TPSA) is 284 Å². The smallest absolute Gasteiger partial charge is 0.300 e. The second-order valence-electron chi connectivity index (χ2n) is 11.8. The summed E-state index contributed by atoms with van der Waals surface area (Å²) in [4.78, 5) is 37.8. The first kappa shape index (κ1) is 7.43. The number of carbonyl (C=O) groups is 1. The molecule has 0 aliphatic rings. The second-order valence-corrected chi connectivity index (χ2v) is 12.2. The number of aromatic nitrogens is 8. The fraction of sp³-hybridized carbons (Fsp3) is 0.135. The summed E-state index contributed by atoms with van der Waals surface area (Å²) in [7, 11) is 0. The first-order chi connectivity index (χ1) is 90.7. The van der Waals surface area contributed by atoms with E-state index in [0.717, 1.165) is 84.4 Å². The number of rotatable bonds is 2. The average molecular weight is 1020 g/mol. The van der Waals surface area contributed by atoms with Crippen molar-refractivity contribution in [3.05, 3.63) is 118 Å². The molecule has 8 aromatic rings. The fourth-order valence-corrected chi connectivity index (χ4v) is 5.41. The van der Waals surface area contributed by atoms with Crippen LogP contribution in [0.5, 0.6) is 0 Å². The minimum Gasteiger partial charge on any atom is -0.481 e. The SMILES string of the molecule is CC(=O)O.Cc1cc2c(C#N)ccnc2[nH]1.Cc1cc2c(C(=N)N)ccnc2[nH]1.Cc1cc2c(C(N)=NO)ccnc2[nH]1.Cc1cc2c(Cl)ccnc2[nH]1.[2HH].[2HH].[2H][2H].[2H][2H].[2H][2H].[2H][2H].[2H][2H].[2H][2H].[2H][2H].[2H][2H].[2H][2H].[2H][2H].[2H][2H].[2H][2H].[2H][2H].[2H][2H].[2H][2H].[2H][2H].[2H][2H].[2H][2H].[2H][2H].[2H][2H].[2H][2H].[2H][2H].[2H][2H].[2H][2H].[2H][2H].[2H][2H].[2H][2H].[2H][2H].[2H][2H].[2H][2H].[2H][2H].[2H][2H].[2H][2H].[2H][2H].[2H][2H].[2H][2H].[2H][2H].[2H][2H].[2H][2H].[2H][2H].[2H][2H].[2H][2H].[2H][2H].[2H][2H].[2H][2H].[2H][2H].[2H][2H].[2H][2H].[2H][2H].[2H][2H].[2H][2H].[2H][2H].[2H][2H].[2H][2H].[2H][2H].[2H][2H].[2H][2H].[2H][2H].[2H][2H].[2H][2H].[2H][2H].[2H][2H].[2H][2H].[2H][2H].[2H][2H]. The zero-order valence-electron chi connectivity index (χ0n) is 160. The standard InChI is InChI=1S/C9H10N4O.C9H10N4.C9H7N3.C8H7ClN2.C2H4O2.67H2/c1-5-4-7-6(8(10)13-14)2-3-11-9(7)12-5;1-5-4-7-6(8(10)11)2-3-12-9(7)13-5;1-6-4-8-7(5-10)2-3-11-9(8)12-6;1-5-4-6-7(9)2-3-10-8(6)11-5;1-2(3)4;;;;;;;;;;;;;;;;;;;;;;;;;;;;;;;;;;;;;;;;;;;;;;;;;;;;;;;;;;;;;;;;;;;/h2-4,14H,1H3,(H2,10,13)(H,11,12);2-4H,1H3,(H3,10,11)(H,12,13);2-4H,1H3,(H,11,12);2-4H,1H3,(H,10,11);1H3,(H,3,4);67*1H/i;;;;;65*1+1D;2*1+1. The lowest BCUT2D eigenvalue weighted by molar-refractivity contribution is -0.134. The highest BCUT2D eigenvalue weighted by Crippen LogP contribution is 2.22. The maximum Gasteiger partial charge on any atom is 0.300 e. The number of halogens is 1. The highest BCUT2D eigenvalue weighted by Gasteiger charge is 2.08. The lowest BCUT2D eigenvalue weighted by atomic mass is 10.1. The normalized spacial score (nSPS) is 20.2. The van der Waals surface area contributed by atoms with Gasteiger partial charge in [0.25, 0.3) is 5.97 Å². The number of aryl methyl sites for hydroxylation is 4. The molecule has 0 fully saturated rings. The minimum absolute atomic E-state index is 0. The number of H-pyrrole nitrogens is 4. The Morgan fingerprint density at radius 2 is 1.13 bits per heavy atom. The Bertz CT molecular complexity index is 2800. The maximum atomic E-state index is 9.00. The molecule has 0 bridgehead atoms. The van der Waals surface area contributed by atoms with Crippen LogP contribution in [0.2, 0.25) is 5.02 Å². The Balaban J connectivity index is -0.0000000134. The number of nitrogens with one attached hydrogen (secondary N) is 5. The number of carboxylic acid groups (broad SMARTS) is 1. The van der Waals surface area contributed by atoms with Gasteiger partial charge in [0.1, 0.15) is 28.4 Å². The predicted octanol–water partition coefficient (Wildman–Crippen LogP) is 23.0. The number of hydrogen-bond acceptors (Lipinski definition) is 9. The maximum absolute atomic E-state index is 9.00. The minimum atomic E-state index is -0.833. The molecule has 410 valence electrons. The molecule has 0 spiro atoms. The number of nitrogens with two attached hydrogens (primary N) is 2. The average Bonchev–Trinajstić information content (AvgIpc) is 1.64. The van der Waals surface area contributed by atoms with Crippen LogP contribution >= 0.6 is 11.6 Å². The van der Waals surface area contributed by atoms with Crippen LogP contribution < -0.4 is 11.5 Å². The van der Waals surface area contributed by atoms with Gasteiger partial charge in [-0.1, -0.05) is 16.8 Å². The number of pyridine rings is 4. The lowest BCUT2D eigenvalue weighted by Crippen LogP contribution is -2.13. The van der Waals surface area contributed by atoms with E-state index in [2.05, 4.69) is 51.1 Å². The van der Waals surface area contributed by atoms with Crippen LogP contribution in [-0.4, -0.2) is 67.8 Å². The zero-order chi connectivity index (χ0) is 170. The van der Waals surface area contributed by atoms with Crippen molar-refractivity contribution in [3.8, 4) is 6.07 Å². The molecule has 0 unspecified atom stereocenters. The molecule has 0 saturated heterocycles. The summed E-state index contributed by atoms with van der Waals surface area (Å²) in [5.74, 6) is -0.664. The number of nitrogen functional groups attached to an aromatic ring is 1. The number of aromatic amines is 4. The van der Waals surface area contributed by atoms with Crippen molar-refractivity contribution in [1.82, 2.24) is 39.9 Å². The molecule has 0 radical (unpaired) electrons. The van der Waals surface area contributed by atoms with E-state index in [1.807, 2.05) is 52.0 Å². The molecule has 8 aromatic heterocycles. The predicted molar refractivity (Wildman–Crippen MR) is 352 cm³/mol. The third kappa shape index (κ3) is 9.96. The lowest BCUT2D eigenvalue weighted by Gasteiger charge is -1.98. The van der Waals surface area contributed by atoms with Crippen LogP contribution in [0, 0.1) is 44.4 Å². The zero-order valence-corrected chi connectivity index (χ0v) is 30.7. The molecule has 17 heteroatoms. The van der Waals surface area contributed by atoms with Crippen LogP contribution in [0.25, 0.3) is 44.1 Å². The molecule has 0 aliphatic carbocycles. The number of nitriles is 1. The van der Waals surface area contributed by atoms with E-state index in [4.69, 9.17) is 242 Å². The van der Waals surface area contributed by atoms with Crippen LogP contribution in [0.15, 0.2) is 78.5 Å². The fourth-order valence-electron chi connectivity index (χ4n) is 5.21. The van der Waals surface area contributed by atoms with Gasteiger partial charge in [-0.15, -0.1) is 0 Å². The Hall–Kier alpha value is -7.25. The summed E-state index contributed by atoms with van der Waals surface area (Å²) < 4.78 is 650. The van der Waals surface area contributed by atoms with Gasteiger partial charge in [-0.2, -0.15) is 5.26 Å². The third-order valence-electron chi connectivity index (χ3n) is 7.41. The molecular weight excluding hydrogens is 710 g/mol.